The van der Waals surface area contributed by atoms with Crippen molar-refractivity contribution in [1.82, 2.24) is 14.9 Å². The zero-order chi connectivity index (χ0) is 20.1. The van der Waals surface area contributed by atoms with Gasteiger partial charge in [0.1, 0.15) is 6.04 Å². The van der Waals surface area contributed by atoms with E-state index < -0.39 is 28.6 Å². The number of H-pyrrole nitrogens is 1. The molecule has 0 fully saturated rings. The molecular weight excluding hydrogens is 404 g/mol. The number of aromatic amines is 1. The maximum absolute atomic E-state index is 12.4. The van der Waals surface area contributed by atoms with Crippen LogP contribution in [0.5, 0.6) is 0 Å². The first-order chi connectivity index (χ1) is 13.4. The molecule has 1 atom stereocenters. The summed E-state index contributed by atoms with van der Waals surface area (Å²) in [5.41, 5.74) is 1.55. The summed E-state index contributed by atoms with van der Waals surface area (Å²) in [6.07, 6.45) is 0. The van der Waals surface area contributed by atoms with Crippen molar-refractivity contribution < 1.29 is 18.3 Å². The molecule has 0 saturated carbocycles. The van der Waals surface area contributed by atoms with Crippen LogP contribution in [0.25, 0.3) is 11.3 Å². The first-order valence-corrected chi connectivity index (χ1v) is 10.1. The monoisotopic (exact) mass is 420 g/mol. The molecule has 0 aliphatic rings. The van der Waals surface area contributed by atoms with E-state index in [2.05, 4.69) is 20.2 Å². The van der Waals surface area contributed by atoms with Crippen LogP contribution in [0, 0.1) is 0 Å². The minimum Gasteiger partial charge on any atom is -0.394 e. The van der Waals surface area contributed by atoms with E-state index in [1.165, 1.54) is 24.3 Å². The zero-order valence-electron chi connectivity index (χ0n) is 14.5. The average Bonchev–Trinajstić information content (AvgIpc) is 3.15. The van der Waals surface area contributed by atoms with Gasteiger partial charge in [0, 0.05) is 11.1 Å². The Morgan fingerprint density at radius 2 is 1.82 bits per heavy atom. The normalized spacial score (nSPS) is 12.5. The van der Waals surface area contributed by atoms with Crippen molar-refractivity contribution in [3.8, 4) is 11.3 Å². The fourth-order valence-corrected chi connectivity index (χ4v) is 3.72. The van der Waals surface area contributed by atoms with E-state index in [-0.39, 0.29) is 10.7 Å². The highest BCUT2D eigenvalue weighted by Gasteiger charge is 2.25. The van der Waals surface area contributed by atoms with Crippen molar-refractivity contribution in [2.75, 3.05) is 11.9 Å². The Labute approximate surface area is 166 Å². The lowest BCUT2D eigenvalue weighted by Crippen LogP contribution is -2.46. The molecule has 8 nitrogen and oxygen atoms in total. The summed E-state index contributed by atoms with van der Waals surface area (Å²) < 4.78 is 26.9. The topological polar surface area (TPSA) is 124 Å². The van der Waals surface area contributed by atoms with Gasteiger partial charge in [0.25, 0.3) is 0 Å². The molecule has 1 heterocycles. The Balaban J connectivity index is 1.70. The lowest BCUT2D eigenvalue weighted by atomic mass is 10.1. The van der Waals surface area contributed by atoms with Gasteiger partial charge in [-0.25, -0.2) is 8.42 Å². The van der Waals surface area contributed by atoms with Crippen LogP contribution in [0.4, 0.5) is 5.82 Å². The number of aromatic nitrogens is 2. The predicted molar refractivity (Wildman–Crippen MR) is 105 cm³/mol. The van der Waals surface area contributed by atoms with Crippen LogP contribution in [0.2, 0.25) is 5.02 Å². The van der Waals surface area contributed by atoms with Gasteiger partial charge in [0.05, 0.1) is 17.2 Å². The number of sulfonamides is 1. The number of amides is 1. The number of carbonyl (C=O) groups is 1. The van der Waals surface area contributed by atoms with Crippen LogP contribution in [-0.2, 0) is 14.8 Å². The lowest BCUT2D eigenvalue weighted by Gasteiger charge is -2.15. The summed E-state index contributed by atoms with van der Waals surface area (Å²) in [5.74, 6) is -0.542. The quantitative estimate of drug-likeness (QED) is 0.465. The van der Waals surface area contributed by atoms with Gasteiger partial charge in [0.2, 0.25) is 15.9 Å². The Kier molecular flexibility index (Phi) is 6.10. The highest BCUT2D eigenvalue weighted by molar-refractivity contribution is 7.89. The molecule has 0 radical (unpaired) electrons. The number of carbonyl (C=O) groups excluding carboxylic acids is 1. The molecule has 0 saturated heterocycles. The Hall–Kier alpha value is -2.72. The fourth-order valence-electron chi connectivity index (χ4n) is 2.41. The van der Waals surface area contributed by atoms with Gasteiger partial charge in [-0.1, -0.05) is 41.9 Å². The molecule has 2 aromatic carbocycles. The fraction of sp³-hybridized carbons (Fsp3) is 0.111. The average molecular weight is 421 g/mol. The summed E-state index contributed by atoms with van der Waals surface area (Å²) in [7, 11) is -4.02. The van der Waals surface area contributed by atoms with Gasteiger partial charge >= 0.3 is 0 Å². The number of anilines is 1. The van der Waals surface area contributed by atoms with E-state index in [1.54, 1.807) is 6.07 Å². The molecular formula is C18H17ClN4O4S. The molecule has 0 unspecified atom stereocenters. The molecule has 0 spiro atoms. The molecule has 146 valence electrons. The third-order valence-electron chi connectivity index (χ3n) is 3.83. The number of benzene rings is 2. The molecule has 28 heavy (non-hydrogen) atoms. The van der Waals surface area contributed by atoms with Crippen LogP contribution in [-0.4, -0.2) is 42.3 Å². The number of aliphatic hydroxyl groups is 1. The number of hydrogen-bond donors (Lipinski definition) is 4. The van der Waals surface area contributed by atoms with Crippen LogP contribution in [0.1, 0.15) is 0 Å². The number of rotatable bonds is 7. The van der Waals surface area contributed by atoms with Crippen LogP contribution >= 0.6 is 11.6 Å². The molecule has 0 aliphatic carbocycles. The largest absolute Gasteiger partial charge is 0.394 e. The molecule has 4 N–H and O–H groups in total. The first kappa shape index (κ1) is 20.0. The van der Waals surface area contributed by atoms with Gasteiger partial charge in [-0.05, 0) is 29.8 Å². The summed E-state index contributed by atoms with van der Waals surface area (Å²) in [4.78, 5) is 12.3. The van der Waals surface area contributed by atoms with Gasteiger partial charge < -0.3 is 10.4 Å². The number of nitrogens with zero attached hydrogens (tertiary/aromatic N) is 1. The van der Waals surface area contributed by atoms with Crippen LogP contribution in [0.15, 0.2) is 65.6 Å². The zero-order valence-corrected chi connectivity index (χ0v) is 16.0. The third kappa shape index (κ3) is 4.76. The number of hydrogen-bond acceptors (Lipinski definition) is 5. The van der Waals surface area contributed by atoms with Gasteiger partial charge in [-0.15, -0.1) is 0 Å². The van der Waals surface area contributed by atoms with Crippen molar-refractivity contribution >= 4 is 33.3 Å². The Morgan fingerprint density at radius 3 is 2.46 bits per heavy atom. The van der Waals surface area contributed by atoms with Crippen molar-refractivity contribution in [3.63, 3.8) is 0 Å². The van der Waals surface area contributed by atoms with Crippen molar-refractivity contribution in [2.45, 2.75) is 10.9 Å². The second-order valence-electron chi connectivity index (χ2n) is 5.83. The maximum atomic E-state index is 12.4. The first-order valence-electron chi connectivity index (χ1n) is 8.19. The smallest absolute Gasteiger partial charge is 0.246 e. The van der Waals surface area contributed by atoms with E-state index >= 15 is 0 Å². The van der Waals surface area contributed by atoms with Crippen LogP contribution < -0.4 is 10.0 Å². The summed E-state index contributed by atoms with van der Waals surface area (Å²) >= 11 is 5.75. The minimum atomic E-state index is -4.02. The van der Waals surface area contributed by atoms with E-state index in [1.807, 2.05) is 30.3 Å². The molecule has 1 aromatic heterocycles. The summed E-state index contributed by atoms with van der Waals surface area (Å²) in [6, 6.07) is 15.0. The second kappa shape index (κ2) is 8.53. The molecule has 0 aliphatic heterocycles. The van der Waals surface area contributed by atoms with Crippen LogP contribution in [0.3, 0.4) is 0 Å². The molecule has 3 aromatic rings. The highest BCUT2D eigenvalue weighted by Crippen LogP contribution is 2.19. The SMILES string of the molecule is O=C(Nc1cc(-c2ccccc2)[nH]n1)[C@H](CO)NS(=O)(=O)c1ccc(Cl)cc1. The Bertz CT molecular complexity index is 1050. The van der Waals surface area contributed by atoms with Gasteiger partial charge in [-0.2, -0.15) is 9.82 Å². The summed E-state index contributed by atoms with van der Waals surface area (Å²) in [6.45, 7) is -0.728. The van der Waals surface area contributed by atoms with Crippen molar-refractivity contribution in [3.05, 3.63) is 65.7 Å². The standard InChI is InChI=1S/C18H17ClN4O4S/c19-13-6-8-14(9-7-13)28(26,27)23-16(11-24)18(25)20-17-10-15(21-22-17)12-4-2-1-3-5-12/h1-10,16,23-24H,11H2,(H2,20,21,22,25)/t16-/m0/s1. The van der Waals surface area contributed by atoms with E-state index in [4.69, 9.17) is 11.6 Å². The van der Waals surface area contributed by atoms with Gasteiger partial charge in [0.15, 0.2) is 5.82 Å². The van der Waals surface area contributed by atoms with E-state index in [0.717, 1.165) is 5.56 Å². The molecule has 1 amide bonds. The predicted octanol–water partition coefficient (Wildman–Crippen LogP) is 2.01. The highest BCUT2D eigenvalue weighted by atomic mass is 35.5. The number of aliphatic hydroxyl groups excluding tert-OH is 1. The molecule has 3 rings (SSSR count). The van der Waals surface area contributed by atoms with Gasteiger partial charge in [-0.3, -0.25) is 9.89 Å². The number of nitrogens with one attached hydrogen (secondary N) is 3. The second-order valence-corrected chi connectivity index (χ2v) is 7.98. The maximum Gasteiger partial charge on any atom is 0.246 e. The number of halogens is 1. The Morgan fingerprint density at radius 1 is 1.14 bits per heavy atom. The summed E-state index contributed by atoms with van der Waals surface area (Å²) in [5, 5.41) is 19.1. The van der Waals surface area contributed by atoms with E-state index in [0.29, 0.717) is 10.7 Å². The third-order valence-corrected chi connectivity index (χ3v) is 5.57. The van der Waals surface area contributed by atoms with Crippen molar-refractivity contribution in [1.29, 1.82) is 0 Å². The molecule has 10 heteroatoms. The lowest BCUT2D eigenvalue weighted by molar-refractivity contribution is -0.118. The van der Waals surface area contributed by atoms with Crippen molar-refractivity contribution in [2.24, 2.45) is 0 Å². The molecule has 0 bridgehead atoms. The minimum absolute atomic E-state index is 0.0747. The van der Waals surface area contributed by atoms with E-state index in [9.17, 15) is 18.3 Å².